The third-order valence-electron chi connectivity index (χ3n) is 7.14. The fourth-order valence-electron chi connectivity index (χ4n) is 5.04. The molecule has 0 aliphatic rings. The fourth-order valence-corrected chi connectivity index (χ4v) is 5.04. The minimum atomic E-state index is -0.296. The Labute approximate surface area is 243 Å². The standard InChI is InChI=1S/C35H40N2O4/c1-39-33-19-17-28(24-34(33)40-2)25-37(21-10-22-41-31-16-9-11-27(23-31)18-20-35(36)38)26-32(29-12-5-3-6-13-29)30-14-7-4-8-15-30/h3-9,11-17,19,23-24,32H,10,18,20-22,25-26H2,1-2H3,(H2,36,38). The molecule has 0 bridgehead atoms. The van der Waals surface area contributed by atoms with Crippen LogP contribution in [0.1, 0.15) is 41.0 Å². The fraction of sp³-hybridized carbons (Fsp3) is 0.286. The van der Waals surface area contributed by atoms with Crippen molar-refractivity contribution in [2.24, 2.45) is 5.73 Å². The summed E-state index contributed by atoms with van der Waals surface area (Å²) < 4.78 is 17.1. The minimum absolute atomic E-state index is 0.223. The van der Waals surface area contributed by atoms with Crippen molar-refractivity contribution in [2.45, 2.75) is 31.7 Å². The van der Waals surface area contributed by atoms with Gasteiger partial charge in [-0.1, -0.05) is 78.9 Å². The van der Waals surface area contributed by atoms with Gasteiger partial charge >= 0.3 is 0 Å². The van der Waals surface area contributed by atoms with Crippen LogP contribution >= 0.6 is 0 Å². The van der Waals surface area contributed by atoms with Crippen LogP contribution in [0.2, 0.25) is 0 Å². The molecule has 0 saturated heterocycles. The number of methoxy groups -OCH3 is 2. The Hall–Kier alpha value is -4.29. The van der Waals surface area contributed by atoms with Gasteiger partial charge in [0.15, 0.2) is 11.5 Å². The van der Waals surface area contributed by atoms with Crippen molar-refractivity contribution in [2.75, 3.05) is 33.9 Å². The average Bonchev–Trinajstić information content (AvgIpc) is 3.01. The molecule has 0 radical (unpaired) electrons. The van der Waals surface area contributed by atoms with Gasteiger partial charge in [0.1, 0.15) is 5.75 Å². The normalized spacial score (nSPS) is 11.0. The lowest BCUT2D eigenvalue weighted by molar-refractivity contribution is -0.117. The van der Waals surface area contributed by atoms with Crippen LogP contribution < -0.4 is 19.9 Å². The van der Waals surface area contributed by atoms with Crippen LogP contribution in [0.25, 0.3) is 0 Å². The molecule has 0 aliphatic carbocycles. The summed E-state index contributed by atoms with van der Waals surface area (Å²) in [5.74, 6) is 2.19. The van der Waals surface area contributed by atoms with Crippen LogP contribution in [-0.2, 0) is 17.8 Å². The Morgan fingerprint density at radius 1 is 0.780 bits per heavy atom. The SMILES string of the molecule is COc1ccc(CN(CCCOc2cccc(CCC(N)=O)c2)CC(c2ccccc2)c2ccccc2)cc1OC. The number of aryl methyl sites for hydroxylation is 1. The molecule has 4 aromatic rings. The smallest absolute Gasteiger partial charge is 0.217 e. The van der Waals surface area contributed by atoms with Crippen LogP contribution in [0, 0.1) is 0 Å². The minimum Gasteiger partial charge on any atom is -0.494 e. The Morgan fingerprint density at radius 3 is 2.10 bits per heavy atom. The Bertz CT molecular complexity index is 1320. The van der Waals surface area contributed by atoms with Crippen molar-refractivity contribution >= 4 is 5.91 Å². The predicted molar refractivity (Wildman–Crippen MR) is 164 cm³/mol. The van der Waals surface area contributed by atoms with E-state index >= 15 is 0 Å². The molecule has 0 atom stereocenters. The maximum atomic E-state index is 11.2. The van der Waals surface area contributed by atoms with Crippen LogP contribution in [0.3, 0.4) is 0 Å². The van der Waals surface area contributed by atoms with Gasteiger partial charge in [-0.3, -0.25) is 9.69 Å². The zero-order valence-corrected chi connectivity index (χ0v) is 24.0. The molecule has 0 aliphatic heterocycles. The monoisotopic (exact) mass is 552 g/mol. The molecule has 4 rings (SSSR count). The first-order chi connectivity index (χ1) is 20.1. The van der Waals surface area contributed by atoms with Gasteiger partial charge in [0.05, 0.1) is 20.8 Å². The zero-order valence-electron chi connectivity index (χ0n) is 24.0. The maximum absolute atomic E-state index is 11.2. The molecule has 2 N–H and O–H groups in total. The number of benzene rings is 4. The number of amides is 1. The van der Waals surface area contributed by atoms with Gasteiger partial charge < -0.3 is 19.9 Å². The van der Waals surface area contributed by atoms with Crippen molar-refractivity contribution in [1.29, 1.82) is 0 Å². The molecule has 0 saturated carbocycles. The van der Waals surface area contributed by atoms with Crippen LogP contribution in [0.5, 0.6) is 17.2 Å². The van der Waals surface area contributed by atoms with E-state index in [1.165, 1.54) is 11.1 Å². The second kappa shape index (κ2) is 15.5. The molecule has 0 aromatic heterocycles. The Morgan fingerprint density at radius 2 is 1.46 bits per heavy atom. The molecule has 0 fully saturated rings. The molecule has 0 heterocycles. The highest BCUT2D eigenvalue weighted by atomic mass is 16.5. The number of hydrogen-bond donors (Lipinski definition) is 1. The number of nitrogens with zero attached hydrogens (tertiary/aromatic N) is 1. The lowest BCUT2D eigenvalue weighted by atomic mass is 9.90. The predicted octanol–water partition coefficient (Wildman–Crippen LogP) is 6.22. The highest BCUT2D eigenvalue weighted by molar-refractivity contribution is 5.74. The number of nitrogens with two attached hydrogens (primary N) is 1. The van der Waals surface area contributed by atoms with E-state index in [1.807, 2.05) is 30.3 Å². The van der Waals surface area contributed by atoms with Crippen molar-refractivity contribution < 1.29 is 19.0 Å². The Balaban J connectivity index is 1.49. The molecular formula is C35H40N2O4. The molecule has 214 valence electrons. The number of carbonyl (C=O) groups is 1. The summed E-state index contributed by atoms with van der Waals surface area (Å²) in [4.78, 5) is 13.6. The molecule has 0 spiro atoms. The second-order valence-corrected chi connectivity index (χ2v) is 10.1. The van der Waals surface area contributed by atoms with E-state index < -0.39 is 0 Å². The van der Waals surface area contributed by atoms with E-state index in [-0.39, 0.29) is 11.8 Å². The summed E-state index contributed by atoms with van der Waals surface area (Å²) in [5, 5.41) is 0. The quantitative estimate of drug-likeness (QED) is 0.167. The van der Waals surface area contributed by atoms with Gasteiger partial charge in [0, 0.05) is 32.0 Å². The van der Waals surface area contributed by atoms with Gasteiger partial charge in [-0.15, -0.1) is 0 Å². The molecule has 1 amide bonds. The number of carbonyl (C=O) groups excluding carboxylic acids is 1. The first kappa shape index (κ1) is 29.7. The third kappa shape index (κ3) is 9.12. The van der Waals surface area contributed by atoms with Crippen LogP contribution in [0.4, 0.5) is 0 Å². The molecule has 41 heavy (non-hydrogen) atoms. The first-order valence-electron chi connectivity index (χ1n) is 14.1. The second-order valence-electron chi connectivity index (χ2n) is 10.1. The van der Waals surface area contributed by atoms with E-state index in [4.69, 9.17) is 19.9 Å². The number of primary amides is 1. The maximum Gasteiger partial charge on any atom is 0.217 e. The van der Waals surface area contributed by atoms with Gasteiger partial charge in [-0.2, -0.15) is 0 Å². The number of ether oxygens (including phenoxy) is 3. The molecular weight excluding hydrogens is 512 g/mol. The third-order valence-corrected chi connectivity index (χ3v) is 7.14. The number of rotatable bonds is 16. The summed E-state index contributed by atoms with van der Waals surface area (Å²) in [7, 11) is 3.32. The van der Waals surface area contributed by atoms with Gasteiger partial charge in [-0.25, -0.2) is 0 Å². The average molecular weight is 553 g/mol. The van der Waals surface area contributed by atoms with Gasteiger partial charge in [0.25, 0.3) is 0 Å². The van der Waals surface area contributed by atoms with Crippen LogP contribution in [0.15, 0.2) is 103 Å². The summed E-state index contributed by atoms with van der Waals surface area (Å²) in [6.45, 7) is 3.05. The summed E-state index contributed by atoms with van der Waals surface area (Å²) >= 11 is 0. The van der Waals surface area contributed by atoms with Crippen molar-refractivity contribution in [3.63, 3.8) is 0 Å². The van der Waals surface area contributed by atoms with Crippen LogP contribution in [-0.4, -0.2) is 44.7 Å². The zero-order chi connectivity index (χ0) is 28.9. The highest BCUT2D eigenvalue weighted by Crippen LogP contribution is 2.30. The van der Waals surface area contributed by atoms with E-state index in [1.54, 1.807) is 14.2 Å². The van der Waals surface area contributed by atoms with E-state index in [9.17, 15) is 4.79 Å². The largest absolute Gasteiger partial charge is 0.494 e. The molecule has 4 aromatic carbocycles. The van der Waals surface area contributed by atoms with E-state index in [0.29, 0.717) is 19.4 Å². The summed E-state index contributed by atoms with van der Waals surface area (Å²) in [5.41, 5.74) is 10.1. The first-order valence-corrected chi connectivity index (χ1v) is 14.1. The van der Waals surface area contributed by atoms with Crippen molar-refractivity contribution in [3.05, 3.63) is 125 Å². The van der Waals surface area contributed by atoms with Gasteiger partial charge in [0.2, 0.25) is 5.91 Å². The summed E-state index contributed by atoms with van der Waals surface area (Å²) in [6.07, 6.45) is 1.81. The highest BCUT2D eigenvalue weighted by Gasteiger charge is 2.19. The Kier molecular flexibility index (Phi) is 11.2. The summed E-state index contributed by atoms with van der Waals surface area (Å²) in [6, 6.07) is 35.4. The number of hydrogen-bond acceptors (Lipinski definition) is 5. The van der Waals surface area contributed by atoms with E-state index in [0.717, 1.165) is 54.4 Å². The van der Waals surface area contributed by atoms with Gasteiger partial charge in [-0.05, 0) is 59.4 Å². The van der Waals surface area contributed by atoms with Crippen molar-refractivity contribution in [3.8, 4) is 17.2 Å². The lowest BCUT2D eigenvalue weighted by Gasteiger charge is -2.29. The topological polar surface area (TPSA) is 74.0 Å². The van der Waals surface area contributed by atoms with E-state index in [2.05, 4.69) is 77.7 Å². The molecule has 6 heteroatoms. The molecule has 6 nitrogen and oxygen atoms in total. The molecule has 0 unspecified atom stereocenters. The lowest BCUT2D eigenvalue weighted by Crippen LogP contribution is -2.30. The van der Waals surface area contributed by atoms with Crippen molar-refractivity contribution in [1.82, 2.24) is 4.90 Å².